The van der Waals surface area contributed by atoms with Crippen molar-refractivity contribution >= 4 is 5.84 Å². The Labute approximate surface area is 115 Å². The Bertz CT molecular complexity index is 460. The van der Waals surface area contributed by atoms with Gasteiger partial charge in [0.05, 0.1) is 6.54 Å². The zero-order valence-corrected chi connectivity index (χ0v) is 11.2. The molecule has 0 heterocycles. The first-order valence-electron chi connectivity index (χ1n) is 6.21. The van der Waals surface area contributed by atoms with Crippen LogP contribution in [0, 0.1) is 0 Å². The van der Waals surface area contributed by atoms with Gasteiger partial charge in [-0.05, 0) is 24.6 Å². The van der Waals surface area contributed by atoms with Gasteiger partial charge in [0.25, 0.3) is 0 Å². The number of alkyl halides is 3. The Morgan fingerprint density at radius 3 is 2.65 bits per heavy atom. The molecule has 0 atom stereocenters. The summed E-state index contributed by atoms with van der Waals surface area (Å²) in [7, 11) is 0. The maximum Gasteiger partial charge on any atom is 0.401 e. The van der Waals surface area contributed by atoms with Crippen molar-refractivity contribution in [1.29, 1.82) is 0 Å². The molecule has 0 amide bonds. The molecule has 0 bridgehead atoms. The Balaban J connectivity index is 2.83. The van der Waals surface area contributed by atoms with Gasteiger partial charge in [0, 0.05) is 12.1 Å². The van der Waals surface area contributed by atoms with Gasteiger partial charge >= 0.3 is 6.18 Å². The van der Waals surface area contributed by atoms with Crippen LogP contribution in [0.15, 0.2) is 29.4 Å². The standard InChI is InChI=1S/C13H18F3N3O/c1-2-6-19(9-13(14,15)16)8-10-4-3-5-11(7-10)12(17)18-20/h3-5,7,20H,2,6,8-9H2,1H3,(H2,17,18). The van der Waals surface area contributed by atoms with Crippen LogP contribution in [-0.4, -0.2) is 35.2 Å². The van der Waals surface area contributed by atoms with E-state index in [1.54, 1.807) is 24.3 Å². The van der Waals surface area contributed by atoms with Gasteiger partial charge in [-0.1, -0.05) is 30.3 Å². The first kappa shape index (κ1) is 16.3. The average Bonchev–Trinajstić information content (AvgIpc) is 2.36. The number of amidine groups is 1. The molecule has 0 aliphatic carbocycles. The Kier molecular flexibility index (Phi) is 5.82. The third-order valence-electron chi connectivity index (χ3n) is 2.68. The maximum absolute atomic E-state index is 12.5. The average molecular weight is 289 g/mol. The van der Waals surface area contributed by atoms with E-state index in [0.717, 1.165) is 0 Å². The van der Waals surface area contributed by atoms with E-state index in [-0.39, 0.29) is 12.4 Å². The highest BCUT2D eigenvalue weighted by Crippen LogP contribution is 2.18. The summed E-state index contributed by atoms with van der Waals surface area (Å²) in [5.74, 6) is -0.0651. The van der Waals surface area contributed by atoms with Crippen molar-refractivity contribution in [1.82, 2.24) is 4.90 Å². The number of hydrogen-bond acceptors (Lipinski definition) is 3. The molecular weight excluding hydrogens is 271 g/mol. The highest BCUT2D eigenvalue weighted by molar-refractivity contribution is 5.97. The fraction of sp³-hybridized carbons (Fsp3) is 0.462. The Morgan fingerprint density at radius 1 is 1.40 bits per heavy atom. The van der Waals surface area contributed by atoms with Crippen molar-refractivity contribution in [2.24, 2.45) is 10.9 Å². The monoisotopic (exact) mass is 289 g/mol. The first-order chi connectivity index (χ1) is 9.35. The molecule has 4 nitrogen and oxygen atoms in total. The predicted octanol–water partition coefficient (Wildman–Crippen LogP) is 2.56. The van der Waals surface area contributed by atoms with Crippen molar-refractivity contribution in [2.45, 2.75) is 26.1 Å². The molecule has 0 saturated heterocycles. The number of nitrogens with zero attached hydrogens (tertiary/aromatic N) is 2. The molecule has 0 spiro atoms. The van der Waals surface area contributed by atoms with Crippen LogP contribution in [0.25, 0.3) is 0 Å². The van der Waals surface area contributed by atoms with Crippen LogP contribution in [-0.2, 0) is 6.54 Å². The summed E-state index contributed by atoms with van der Waals surface area (Å²) in [6, 6.07) is 6.63. The minimum absolute atomic E-state index is 0.0651. The zero-order chi connectivity index (χ0) is 15.2. The zero-order valence-electron chi connectivity index (χ0n) is 11.2. The van der Waals surface area contributed by atoms with Gasteiger partial charge in [-0.25, -0.2) is 0 Å². The molecule has 0 aliphatic heterocycles. The van der Waals surface area contributed by atoms with Crippen molar-refractivity contribution < 1.29 is 18.4 Å². The number of oxime groups is 1. The molecule has 0 aliphatic rings. The number of nitrogens with two attached hydrogens (primary N) is 1. The van der Waals surface area contributed by atoms with Crippen LogP contribution in [0.5, 0.6) is 0 Å². The van der Waals surface area contributed by atoms with Crippen LogP contribution in [0.3, 0.4) is 0 Å². The molecule has 112 valence electrons. The van der Waals surface area contributed by atoms with E-state index < -0.39 is 12.7 Å². The molecule has 0 unspecified atom stereocenters. The number of rotatable bonds is 6. The van der Waals surface area contributed by atoms with Gasteiger partial charge in [0.2, 0.25) is 0 Å². The molecule has 0 aromatic heterocycles. The first-order valence-corrected chi connectivity index (χ1v) is 6.21. The van der Waals surface area contributed by atoms with Crippen molar-refractivity contribution in [2.75, 3.05) is 13.1 Å². The van der Waals surface area contributed by atoms with Gasteiger partial charge < -0.3 is 10.9 Å². The molecule has 0 saturated carbocycles. The lowest BCUT2D eigenvalue weighted by molar-refractivity contribution is -0.147. The van der Waals surface area contributed by atoms with Gasteiger partial charge in [0.15, 0.2) is 5.84 Å². The highest BCUT2D eigenvalue weighted by atomic mass is 19.4. The second-order valence-electron chi connectivity index (χ2n) is 4.51. The summed E-state index contributed by atoms with van der Waals surface area (Å²) >= 11 is 0. The molecule has 1 aromatic rings. The maximum atomic E-state index is 12.5. The van der Waals surface area contributed by atoms with E-state index in [9.17, 15) is 13.2 Å². The van der Waals surface area contributed by atoms with Crippen LogP contribution >= 0.6 is 0 Å². The molecule has 0 fully saturated rings. The fourth-order valence-electron chi connectivity index (χ4n) is 1.93. The van der Waals surface area contributed by atoms with Crippen molar-refractivity contribution in [3.8, 4) is 0 Å². The Morgan fingerprint density at radius 2 is 2.10 bits per heavy atom. The highest BCUT2D eigenvalue weighted by Gasteiger charge is 2.30. The third kappa shape index (κ3) is 5.48. The smallest absolute Gasteiger partial charge is 0.401 e. The summed E-state index contributed by atoms with van der Waals surface area (Å²) in [6.07, 6.45) is -3.59. The van der Waals surface area contributed by atoms with Crippen molar-refractivity contribution in [3.05, 3.63) is 35.4 Å². The number of halogens is 3. The molecule has 20 heavy (non-hydrogen) atoms. The van der Waals surface area contributed by atoms with E-state index in [2.05, 4.69) is 5.16 Å². The van der Waals surface area contributed by atoms with E-state index in [0.29, 0.717) is 24.1 Å². The van der Waals surface area contributed by atoms with Gasteiger partial charge in [-0.2, -0.15) is 13.2 Å². The molecule has 1 rings (SSSR count). The summed E-state index contributed by atoms with van der Waals surface area (Å²) in [6.45, 7) is 1.40. The predicted molar refractivity (Wildman–Crippen MR) is 70.6 cm³/mol. The number of benzene rings is 1. The minimum atomic E-state index is -4.22. The molecule has 3 N–H and O–H groups in total. The lowest BCUT2D eigenvalue weighted by Gasteiger charge is -2.23. The second kappa shape index (κ2) is 7.14. The molecular formula is C13H18F3N3O. The van der Waals surface area contributed by atoms with Gasteiger partial charge in [-0.15, -0.1) is 0 Å². The molecule has 0 radical (unpaired) electrons. The Hall–Kier alpha value is -1.76. The van der Waals surface area contributed by atoms with Crippen LogP contribution < -0.4 is 5.73 Å². The molecule has 7 heteroatoms. The summed E-state index contributed by atoms with van der Waals surface area (Å²) in [4.78, 5) is 1.32. The normalized spacial score (nSPS) is 12.9. The van der Waals surface area contributed by atoms with Crippen LogP contribution in [0.2, 0.25) is 0 Å². The summed E-state index contributed by atoms with van der Waals surface area (Å²) in [5.41, 5.74) is 6.63. The van der Waals surface area contributed by atoms with Gasteiger partial charge in [-0.3, -0.25) is 4.90 Å². The van der Waals surface area contributed by atoms with Crippen LogP contribution in [0.4, 0.5) is 13.2 Å². The fourth-order valence-corrected chi connectivity index (χ4v) is 1.93. The van der Waals surface area contributed by atoms with Crippen molar-refractivity contribution in [3.63, 3.8) is 0 Å². The second-order valence-corrected chi connectivity index (χ2v) is 4.51. The quantitative estimate of drug-likeness (QED) is 0.366. The molecule has 1 aromatic carbocycles. The number of hydrogen-bond donors (Lipinski definition) is 2. The minimum Gasteiger partial charge on any atom is -0.409 e. The SMILES string of the molecule is CCCN(Cc1cccc(C(N)=NO)c1)CC(F)(F)F. The summed E-state index contributed by atoms with van der Waals surface area (Å²) in [5, 5.41) is 11.5. The third-order valence-corrected chi connectivity index (χ3v) is 2.68. The van der Waals surface area contributed by atoms with E-state index in [4.69, 9.17) is 10.9 Å². The largest absolute Gasteiger partial charge is 0.409 e. The lowest BCUT2D eigenvalue weighted by atomic mass is 10.1. The van der Waals surface area contributed by atoms with Crippen LogP contribution in [0.1, 0.15) is 24.5 Å². The summed E-state index contributed by atoms with van der Waals surface area (Å²) < 4.78 is 37.4. The van der Waals surface area contributed by atoms with Gasteiger partial charge in [0.1, 0.15) is 0 Å². The topological polar surface area (TPSA) is 61.8 Å². The van der Waals surface area contributed by atoms with E-state index in [1.807, 2.05) is 6.92 Å². The van der Waals surface area contributed by atoms with E-state index in [1.165, 1.54) is 4.90 Å². The van der Waals surface area contributed by atoms with E-state index >= 15 is 0 Å². The lowest BCUT2D eigenvalue weighted by Crippen LogP contribution is -2.34.